The topological polar surface area (TPSA) is 52.6 Å². The van der Waals surface area contributed by atoms with Crippen LogP contribution in [0.2, 0.25) is 0 Å². The van der Waals surface area contributed by atoms with Crippen LogP contribution in [0.4, 0.5) is 5.69 Å². The normalized spacial score (nSPS) is 26.9. The maximum Gasteiger partial charge on any atom is 0.221 e. The first-order valence-electron chi connectivity index (χ1n) is 10.3. The number of likely N-dealkylation sites (tertiary alicyclic amines) is 1. The van der Waals surface area contributed by atoms with E-state index in [1.165, 1.54) is 18.1 Å². The highest BCUT2D eigenvalue weighted by atomic mass is 16.3. The predicted octanol–water partition coefficient (Wildman–Crippen LogP) is 3.50. The molecule has 4 heteroatoms. The molecular weight excluding hydrogens is 348 g/mol. The summed E-state index contributed by atoms with van der Waals surface area (Å²) in [5.74, 6) is 1.20. The molecule has 1 heterocycles. The maximum absolute atomic E-state index is 11.1. The fraction of sp³-hybridized carbons (Fsp3) is 0.458. The summed E-state index contributed by atoms with van der Waals surface area (Å²) in [6.45, 7) is 4.79. The molecule has 4 rings (SSSR count). The molecule has 1 saturated heterocycles. The SMILES string of the molecule is CC(=O)Nc1ccc(CCN2C[C@@H]3CC(O)(Cc4ccccc4)C[C@@H]3C2)cc1. The Morgan fingerprint density at radius 2 is 1.68 bits per heavy atom. The zero-order valence-corrected chi connectivity index (χ0v) is 16.6. The van der Waals surface area contributed by atoms with Gasteiger partial charge in [0.15, 0.2) is 0 Å². The Hall–Kier alpha value is -2.17. The summed E-state index contributed by atoms with van der Waals surface area (Å²) in [4.78, 5) is 13.7. The molecule has 148 valence electrons. The number of rotatable bonds is 6. The largest absolute Gasteiger partial charge is 0.390 e. The van der Waals surface area contributed by atoms with Gasteiger partial charge in [-0.3, -0.25) is 4.79 Å². The van der Waals surface area contributed by atoms with E-state index in [-0.39, 0.29) is 5.91 Å². The molecule has 1 amide bonds. The van der Waals surface area contributed by atoms with Crippen molar-refractivity contribution in [2.24, 2.45) is 11.8 Å². The lowest BCUT2D eigenvalue weighted by Crippen LogP contribution is -2.32. The van der Waals surface area contributed by atoms with Crippen molar-refractivity contribution in [3.05, 3.63) is 65.7 Å². The number of hydrogen-bond acceptors (Lipinski definition) is 3. The number of aliphatic hydroxyl groups is 1. The minimum Gasteiger partial charge on any atom is -0.390 e. The summed E-state index contributed by atoms with van der Waals surface area (Å²) in [6.07, 6.45) is 3.65. The van der Waals surface area contributed by atoms with Gasteiger partial charge in [0.1, 0.15) is 0 Å². The van der Waals surface area contributed by atoms with Crippen molar-refractivity contribution in [2.75, 3.05) is 25.0 Å². The zero-order chi connectivity index (χ0) is 19.6. The molecular formula is C24H30N2O2. The van der Waals surface area contributed by atoms with Gasteiger partial charge in [0.2, 0.25) is 5.91 Å². The number of anilines is 1. The molecule has 0 spiro atoms. The van der Waals surface area contributed by atoms with Crippen molar-refractivity contribution in [3.63, 3.8) is 0 Å². The van der Waals surface area contributed by atoms with E-state index in [0.717, 1.165) is 51.0 Å². The van der Waals surface area contributed by atoms with Gasteiger partial charge >= 0.3 is 0 Å². The van der Waals surface area contributed by atoms with Crippen molar-refractivity contribution in [1.82, 2.24) is 4.90 Å². The van der Waals surface area contributed by atoms with Crippen LogP contribution in [-0.2, 0) is 17.6 Å². The number of benzene rings is 2. The molecule has 0 bridgehead atoms. The van der Waals surface area contributed by atoms with Crippen molar-refractivity contribution in [3.8, 4) is 0 Å². The highest BCUT2D eigenvalue weighted by Gasteiger charge is 2.47. The first-order valence-corrected chi connectivity index (χ1v) is 10.3. The van der Waals surface area contributed by atoms with E-state index in [0.29, 0.717) is 11.8 Å². The van der Waals surface area contributed by atoms with Crippen LogP contribution in [0.1, 0.15) is 30.9 Å². The zero-order valence-electron chi connectivity index (χ0n) is 16.6. The van der Waals surface area contributed by atoms with Crippen molar-refractivity contribution in [1.29, 1.82) is 0 Å². The molecule has 1 unspecified atom stereocenters. The van der Waals surface area contributed by atoms with Gasteiger partial charge in [0, 0.05) is 38.7 Å². The minimum absolute atomic E-state index is 0.0384. The number of carbonyl (C=O) groups is 1. The van der Waals surface area contributed by atoms with E-state index in [2.05, 4.69) is 46.6 Å². The summed E-state index contributed by atoms with van der Waals surface area (Å²) in [6, 6.07) is 18.5. The second-order valence-electron chi connectivity index (χ2n) is 8.70. The fourth-order valence-electron chi connectivity index (χ4n) is 5.11. The third-order valence-electron chi connectivity index (χ3n) is 6.30. The first kappa shape index (κ1) is 19.2. The Morgan fingerprint density at radius 3 is 2.29 bits per heavy atom. The van der Waals surface area contributed by atoms with Crippen LogP contribution in [0.15, 0.2) is 54.6 Å². The summed E-state index contributed by atoms with van der Waals surface area (Å²) in [5, 5.41) is 13.9. The molecule has 0 radical (unpaired) electrons. The lowest BCUT2D eigenvalue weighted by Gasteiger charge is -2.26. The van der Waals surface area contributed by atoms with Crippen LogP contribution >= 0.6 is 0 Å². The van der Waals surface area contributed by atoms with E-state index < -0.39 is 5.60 Å². The number of hydrogen-bond donors (Lipinski definition) is 2. The lowest BCUT2D eigenvalue weighted by atomic mass is 9.91. The van der Waals surface area contributed by atoms with Crippen LogP contribution in [0, 0.1) is 11.8 Å². The molecule has 3 atom stereocenters. The third kappa shape index (κ3) is 4.62. The Kier molecular flexibility index (Phi) is 5.51. The van der Waals surface area contributed by atoms with Crippen LogP contribution in [0.25, 0.3) is 0 Å². The average Bonchev–Trinajstić information content (AvgIpc) is 3.15. The smallest absolute Gasteiger partial charge is 0.221 e. The highest BCUT2D eigenvalue weighted by Crippen LogP contribution is 2.45. The van der Waals surface area contributed by atoms with Crippen molar-refractivity contribution >= 4 is 11.6 Å². The number of carbonyl (C=O) groups excluding carboxylic acids is 1. The number of amides is 1. The Balaban J connectivity index is 1.25. The van der Waals surface area contributed by atoms with Crippen molar-refractivity contribution < 1.29 is 9.90 Å². The van der Waals surface area contributed by atoms with Crippen LogP contribution in [0.3, 0.4) is 0 Å². The molecule has 4 nitrogen and oxygen atoms in total. The molecule has 2 aromatic carbocycles. The van der Waals surface area contributed by atoms with Gasteiger partial charge in [-0.2, -0.15) is 0 Å². The van der Waals surface area contributed by atoms with E-state index in [1.54, 1.807) is 0 Å². The second-order valence-corrected chi connectivity index (χ2v) is 8.70. The van der Waals surface area contributed by atoms with Crippen LogP contribution in [-0.4, -0.2) is 41.1 Å². The van der Waals surface area contributed by atoms with Gasteiger partial charge in [-0.15, -0.1) is 0 Å². The van der Waals surface area contributed by atoms with Gasteiger partial charge in [-0.25, -0.2) is 0 Å². The fourth-order valence-corrected chi connectivity index (χ4v) is 5.11. The van der Waals surface area contributed by atoms with E-state index in [9.17, 15) is 9.90 Å². The van der Waals surface area contributed by atoms with Crippen molar-refractivity contribution in [2.45, 2.75) is 38.2 Å². The Morgan fingerprint density at radius 1 is 1.04 bits per heavy atom. The molecule has 2 aromatic rings. The van der Waals surface area contributed by atoms with E-state index >= 15 is 0 Å². The average molecular weight is 379 g/mol. The van der Waals surface area contributed by atoms with Crippen LogP contribution in [0.5, 0.6) is 0 Å². The van der Waals surface area contributed by atoms with Gasteiger partial charge in [0.25, 0.3) is 0 Å². The molecule has 2 aliphatic rings. The number of fused-ring (bicyclic) bond motifs is 1. The molecule has 0 aromatic heterocycles. The lowest BCUT2D eigenvalue weighted by molar-refractivity contribution is -0.114. The monoisotopic (exact) mass is 378 g/mol. The van der Waals surface area contributed by atoms with Crippen LogP contribution < -0.4 is 5.32 Å². The standard InChI is InChI=1S/C24H30N2O2/c1-18(27)25-23-9-7-19(8-10-23)11-12-26-16-21-14-24(28,15-22(21)17-26)13-20-5-3-2-4-6-20/h2-10,21-22,28H,11-17H2,1H3,(H,25,27)/t21-,22+,24?. The van der Waals surface area contributed by atoms with Gasteiger partial charge in [0.05, 0.1) is 5.60 Å². The summed E-state index contributed by atoms with van der Waals surface area (Å²) in [7, 11) is 0. The summed E-state index contributed by atoms with van der Waals surface area (Å²) in [5.41, 5.74) is 2.86. The summed E-state index contributed by atoms with van der Waals surface area (Å²) < 4.78 is 0. The highest BCUT2D eigenvalue weighted by molar-refractivity contribution is 5.88. The molecule has 1 aliphatic carbocycles. The van der Waals surface area contributed by atoms with Gasteiger partial charge < -0.3 is 15.3 Å². The van der Waals surface area contributed by atoms with Gasteiger partial charge in [-0.1, -0.05) is 42.5 Å². The second kappa shape index (κ2) is 8.06. The summed E-state index contributed by atoms with van der Waals surface area (Å²) >= 11 is 0. The Labute approximate surface area is 167 Å². The maximum atomic E-state index is 11.1. The first-order chi connectivity index (χ1) is 13.5. The van der Waals surface area contributed by atoms with Gasteiger partial charge in [-0.05, 0) is 54.4 Å². The molecule has 1 saturated carbocycles. The molecule has 2 N–H and O–H groups in total. The third-order valence-corrected chi connectivity index (χ3v) is 6.30. The number of nitrogens with zero attached hydrogens (tertiary/aromatic N) is 1. The molecule has 28 heavy (non-hydrogen) atoms. The molecule has 1 aliphatic heterocycles. The Bertz CT molecular complexity index is 789. The molecule has 2 fully saturated rings. The number of nitrogens with one attached hydrogen (secondary N) is 1. The van der Waals surface area contributed by atoms with E-state index in [1.807, 2.05) is 18.2 Å². The minimum atomic E-state index is -0.525. The quantitative estimate of drug-likeness (QED) is 0.809. The van der Waals surface area contributed by atoms with E-state index in [4.69, 9.17) is 0 Å². The predicted molar refractivity (Wildman–Crippen MR) is 112 cm³/mol.